The lowest BCUT2D eigenvalue weighted by atomic mass is 9.94. The summed E-state index contributed by atoms with van der Waals surface area (Å²) >= 11 is 3.16. The highest BCUT2D eigenvalue weighted by molar-refractivity contribution is 7.97. The van der Waals surface area contributed by atoms with Crippen LogP contribution in [0.3, 0.4) is 0 Å². The molecule has 2 aliphatic rings. The predicted octanol–water partition coefficient (Wildman–Crippen LogP) is 4.51. The van der Waals surface area contributed by atoms with Crippen LogP contribution in [-0.4, -0.2) is 44.5 Å². The second-order valence-electron chi connectivity index (χ2n) is 8.43. The molecule has 1 aromatic carbocycles. The second kappa shape index (κ2) is 7.87. The van der Waals surface area contributed by atoms with Gasteiger partial charge in [-0.2, -0.15) is 5.10 Å². The number of aromatic nitrogens is 3. The molecule has 0 saturated heterocycles. The van der Waals surface area contributed by atoms with E-state index in [-0.39, 0.29) is 11.4 Å². The predicted molar refractivity (Wildman–Crippen MR) is 126 cm³/mol. The Morgan fingerprint density at radius 2 is 2.19 bits per heavy atom. The van der Waals surface area contributed by atoms with Crippen molar-refractivity contribution in [2.75, 3.05) is 23.8 Å². The van der Waals surface area contributed by atoms with E-state index in [1.807, 2.05) is 30.2 Å². The highest BCUT2D eigenvalue weighted by Crippen LogP contribution is 2.42. The lowest BCUT2D eigenvalue weighted by molar-refractivity contribution is 0.0901. The second-order valence-corrected chi connectivity index (χ2v) is 10.5. The van der Waals surface area contributed by atoms with Crippen molar-refractivity contribution in [3.63, 3.8) is 0 Å². The number of thiazole rings is 1. The van der Waals surface area contributed by atoms with Crippen molar-refractivity contribution >= 4 is 40.0 Å². The van der Waals surface area contributed by atoms with Crippen molar-refractivity contribution in [1.29, 1.82) is 0 Å². The van der Waals surface area contributed by atoms with Crippen LogP contribution in [0.15, 0.2) is 30.6 Å². The van der Waals surface area contributed by atoms with Crippen molar-refractivity contribution < 1.29 is 9.53 Å². The average Bonchev–Trinajstić information content (AvgIpc) is 3.38. The number of hydrogen-bond acceptors (Lipinski definition) is 7. The van der Waals surface area contributed by atoms with Crippen LogP contribution in [-0.2, 0) is 6.42 Å². The molecule has 0 aliphatic carbocycles. The smallest absolute Gasteiger partial charge is 0.263 e. The molecule has 0 bridgehead atoms. The highest BCUT2D eigenvalue weighted by atomic mass is 32.2. The van der Waals surface area contributed by atoms with Gasteiger partial charge in [-0.05, 0) is 49.9 Å². The van der Waals surface area contributed by atoms with Gasteiger partial charge in [0.2, 0.25) is 0 Å². The third-order valence-corrected chi connectivity index (χ3v) is 7.50. The molecule has 0 spiro atoms. The van der Waals surface area contributed by atoms with Crippen molar-refractivity contribution in [2.45, 2.75) is 39.2 Å². The average molecular weight is 456 g/mol. The molecule has 1 N–H and O–H groups in total. The maximum Gasteiger partial charge on any atom is 0.263 e. The monoisotopic (exact) mass is 455 g/mol. The van der Waals surface area contributed by atoms with Crippen molar-refractivity contribution in [3.8, 4) is 16.9 Å². The normalized spacial score (nSPS) is 17.0. The minimum atomic E-state index is -0.276. The van der Waals surface area contributed by atoms with Gasteiger partial charge in [0, 0.05) is 29.5 Å². The molecule has 9 heteroatoms. The molecule has 31 heavy (non-hydrogen) atoms. The van der Waals surface area contributed by atoms with E-state index in [2.05, 4.69) is 40.6 Å². The van der Waals surface area contributed by atoms with Crippen LogP contribution < -0.4 is 15.0 Å². The Hall–Kier alpha value is -2.52. The molecule has 2 aromatic heterocycles. The number of benzene rings is 1. The largest absolute Gasteiger partial charge is 0.490 e. The fourth-order valence-electron chi connectivity index (χ4n) is 3.88. The van der Waals surface area contributed by atoms with Gasteiger partial charge in [-0.3, -0.25) is 4.79 Å². The number of hydrogen-bond donors (Lipinski definition) is 1. The maximum atomic E-state index is 12.6. The van der Waals surface area contributed by atoms with Gasteiger partial charge in [0.15, 0.2) is 5.13 Å². The van der Waals surface area contributed by atoms with E-state index < -0.39 is 0 Å². The van der Waals surface area contributed by atoms with Crippen LogP contribution >= 0.6 is 23.3 Å². The van der Waals surface area contributed by atoms with Crippen LogP contribution in [0.1, 0.15) is 42.6 Å². The minimum absolute atomic E-state index is 0.0331. The number of nitrogens with one attached hydrogen (secondary N) is 1. The van der Waals surface area contributed by atoms with Crippen LogP contribution in [0.25, 0.3) is 11.1 Å². The quantitative estimate of drug-likeness (QED) is 0.610. The number of rotatable bonds is 5. The number of carbonyl (C=O) groups is 1. The Morgan fingerprint density at radius 3 is 3.03 bits per heavy atom. The SMILES string of the molecule is CCCSn1cc(-c2ccc3c(c2)N(c2nc4c(s2)C(=O)NC(C)(C)C4)CCO3)cn1. The first kappa shape index (κ1) is 20.4. The lowest BCUT2D eigenvalue weighted by Gasteiger charge is -2.29. The van der Waals surface area contributed by atoms with Gasteiger partial charge in [0.1, 0.15) is 17.2 Å². The third kappa shape index (κ3) is 3.92. The topological polar surface area (TPSA) is 72.3 Å². The van der Waals surface area contributed by atoms with Gasteiger partial charge in [-0.1, -0.05) is 24.3 Å². The number of amides is 1. The summed E-state index contributed by atoms with van der Waals surface area (Å²) in [5.41, 5.74) is 3.73. The van der Waals surface area contributed by atoms with E-state index in [0.29, 0.717) is 18.0 Å². The summed E-state index contributed by atoms with van der Waals surface area (Å²) in [6, 6.07) is 6.21. The molecular weight excluding hydrogens is 430 g/mol. The zero-order valence-corrected chi connectivity index (χ0v) is 19.5. The van der Waals surface area contributed by atoms with Gasteiger partial charge < -0.3 is 15.0 Å². The first-order valence-corrected chi connectivity index (χ1v) is 12.2. The van der Waals surface area contributed by atoms with Gasteiger partial charge >= 0.3 is 0 Å². The van der Waals surface area contributed by atoms with E-state index in [1.54, 1.807) is 11.9 Å². The van der Waals surface area contributed by atoms with E-state index in [1.165, 1.54) is 11.3 Å². The molecule has 4 heterocycles. The highest BCUT2D eigenvalue weighted by Gasteiger charge is 2.34. The number of fused-ring (bicyclic) bond motifs is 2. The Morgan fingerprint density at radius 1 is 1.32 bits per heavy atom. The summed E-state index contributed by atoms with van der Waals surface area (Å²) in [5.74, 6) is 1.83. The summed E-state index contributed by atoms with van der Waals surface area (Å²) in [7, 11) is 0. The summed E-state index contributed by atoms with van der Waals surface area (Å²) in [4.78, 5) is 20.3. The molecule has 0 unspecified atom stereocenters. The van der Waals surface area contributed by atoms with Crippen LogP contribution in [0.4, 0.5) is 10.8 Å². The Balaban J connectivity index is 1.48. The van der Waals surface area contributed by atoms with Gasteiger partial charge in [-0.15, -0.1) is 0 Å². The summed E-state index contributed by atoms with van der Waals surface area (Å²) < 4.78 is 7.83. The first-order valence-electron chi connectivity index (χ1n) is 10.5. The Bertz CT molecular complexity index is 1140. The van der Waals surface area contributed by atoms with Gasteiger partial charge in [-0.25, -0.2) is 9.07 Å². The van der Waals surface area contributed by atoms with Gasteiger partial charge in [0.25, 0.3) is 5.91 Å². The number of anilines is 2. The van der Waals surface area contributed by atoms with Crippen molar-refractivity contribution in [3.05, 3.63) is 41.2 Å². The molecule has 2 aliphatic heterocycles. The molecule has 0 radical (unpaired) electrons. The fraction of sp³-hybridized carbons (Fsp3) is 0.409. The number of nitrogens with zero attached hydrogens (tertiary/aromatic N) is 4. The number of ether oxygens (including phenoxy) is 1. The lowest BCUT2D eigenvalue weighted by Crippen LogP contribution is -2.48. The number of carbonyl (C=O) groups excluding carboxylic acids is 1. The first-order chi connectivity index (χ1) is 14.9. The van der Waals surface area contributed by atoms with E-state index in [9.17, 15) is 4.79 Å². The van der Waals surface area contributed by atoms with E-state index in [4.69, 9.17) is 9.72 Å². The maximum absolute atomic E-state index is 12.6. The molecule has 1 amide bonds. The van der Waals surface area contributed by atoms with E-state index in [0.717, 1.165) is 52.0 Å². The van der Waals surface area contributed by atoms with Crippen LogP contribution in [0.2, 0.25) is 0 Å². The van der Waals surface area contributed by atoms with Gasteiger partial charge in [0.05, 0.1) is 24.1 Å². The Kier molecular flexibility index (Phi) is 5.18. The third-order valence-electron chi connectivity index (χ3n) is 5.33. The molecule has 0 fully saturated rings. The molecular formula is C22H25N5O2S2. The fourth-order valence-corrected chi connectivity index (χ4v) is 5.57. The van der Waals surface area contributed by atoms with Crippen molar-refractivity contribution in [2.24, 2.45) is 0 Å². The van der Waals surface area contributed by atoms with Crippen molar-refractivity contribution in [1.82, 2.24) is 19.5 Å². The molecule has 3 aromatic rings. The molecule has 0 atom stereocenters. The zero-order chi connectivity index (χ0) is 21.6. The standard InChI is InChI=1S/C22H25N5O2S2/c1-4-9-30-27-13-15(12-23-27)14-5-6-18-17(10-14)26(7-8-29-18)21-24-16-11-22(2,3)25-20(28)19(16)31-21/h5-6,10,12-13H,4,7-9,11H2,1-3H3,(H,25,28). The molecule has 0 saturated carbocycles. The minimum Gasteiger partial charge on any atom is -0.490 e. The van der Waals surface area contributed by atoms with E-state index >= 15 is 0 Å². The Labute approximate surface area is 189 Å². The molecule has 162 valence electrons. The summed E-state index contributed by atoms with van der Waals surface area (Å²) in [5, 5.41) is 8.38. The summed E-state index contributed by atoms with van der Waals surface area (Å²) in [6.45, 7) is 7.50. The molecule has 7 nitrogen and oxygen atoms in total. The zero-order valence-electron chi connectivity index (χ0n) is 17.8. The summed E-state index contributed by atoms with van der Waals surface area (Å²) in [6.07, 6.45) is 5.80. The van der Waals surface area contributed by atoms with Crippen LogP contribution in [0.5, 0.6) is 5.75 Å². The molecule has 5 rings (SSSR count). The van der Waals surface area contributed by atoms with Crippen LogP contribution in [0, 0.1) is 0 Å².